The summed E-state index contributed by atoms with van der Waals surface area (Å²) in [6, 6.07) is 0.272. The fourth-order valence-electron chi connectivity index (χ4n) is 1.67. The number of hydrogen-bond acceptors (Lipinski definition) is 5. The zero-order chi connectivity index (χ0) is 9.80. The molecule has 0 spiro atoms. The predicted molar refractivity (Wildman–Crippen MR) is 51.7 cm³/mol. The van der Waals surface area contributed by atoms with E-state index in [1.54, 1.807) is 0 Å². The van der Waals surface area contributed by atoms with Crippen LogP contribution in [0, 0.1) is 0 Å². The molecule has 0 amide bonds. The van der Waals surface area contributed by atoms with Gasteiger partial charge in [-0.15, -0.1) is 0 Å². The van der Waals surface area contributed by atoms with Crippen LogP contribution in [0.15, 0.2) is 4.52 Å². The van der Waals surface area contributed by atoms with E-state index in [0.29, 0.717) is 6.54 Å². The number of hydrogen-bond donors (Lipinski definition) is 2. The van der Waals surface area contributed by atoms with Gasteiger partial charge in [-0.2, -0.15) is 4.98 Å². The maximum absolute atomic E-state index is 5.41. The van der Waals surface area contributed by atoms with Gasteiger partial charge in [0.05, 0.1) is 6.04 Å². The van der Waals surface area contributed by atoms with Gasteiger partial charge < -0.3 is 15.6 Å². The fraction of sp³-hybridized carbons (Fsp3) is 0.778. The molecule has 1 aromatic rings. The first-order valence-electron chi connectivity index (χ1n) is 5.16. The van der Waals surface area contributed by atoms with Crippen molar-refractivity contribution in [2.75, 3.05) is 13.1 Å². The minimum Gasteiger partial charge on any atom is -0.338 e. The third kappa shape index (κ3) is 2.10. The van der Waals surface area contributed by atoms with Gasteiger partial charge in [-0.05, 0) is 32.4 Å². The first-order valence-corrected chi connectivity index (χ1v) is 5.16. The lowest BCUT2D eigenvalue weighted by molar-refractivity contribution is 0.341. The molecule has 0 saturated carbocycles. The Hall–Kier alpha value is -0.940. The Balaban J connectivity index is 1.94. The van der Waals surface area contributed by atoms with E-state index in [9.17, 15) is 0 Å². The lowest BCUT2D eigenvalue weighted by atomic mass is 10.2. The summed E-state index contributed by atoms with van der Waals surface area (Å²) in [5, 5.41) is 7.24. The van der Waals surface area contributed by atoms with Crippen molar-refractivity contribution in [1.29, 1.82) is 0 Å². The molecule has 0 aromatic carbocycles. The van der Waals surface area contributed by atoms with Crippen LogP contribution in [0.4, 0.5) is 0 Å². The van der Waals surface area contributed by atoms with Crippen LogP contribution in [-0.4, -0.2) is 23.2 Å². The molecule has 3 N–H and O–H groups in total. The monoisotopic (exact) mass is 196 g/mol. The van der Waals surface area contributed by atoms with Crippen LogP contribution in [0.1, 0.15) is 37.0 Å². The third-order valence-corrected chi connectivity index (χ3v) is 2.45. The molecule has 1 aliphatic heterocycles. The minimum atomic E-state index is 0.272. The normalized spacial score (nSPS) is 21.6. The Labute approximate surface area is 83.1 Å². The number of nitrogens with two attached hydrogens (primary N) is 1. The second kappa shape index (κ2) is 4.52. The van der Waals surface area contributed by atoms with E-state index in [2.05, 4.69) is 15.5 Å². The second-order valence-electron chi connectivity index (χ2n) is 3.59. The summed E-state index contributed by atoms with van der Waals surface area (Å²) in [7, 11) is 0. The summed E-state index contributed by atoms with van der Waals surface area (Å²) in [6.07, 6.45) is 4.01. The summed E-state index contributed by atoms with van der Waals surface area (Å²) in [4.78, 5) is 4.33. The molecule has 2 heterocycles. The Bertz CT molecular complexity index is 280. The van der Waals surface area contributed by atoms with E-state index in [0.717, 1.165) is 37.5 Å². The fourth-order valence-corrected chi connectivity index (χ4v) is 1.67. The predicted octanol–water partition coefficient (Wildman–Crippen LogP) is 0.385. The van der Waals surface area contributed by atoms with Gasteiger partial charge in [-0.1, -0.05) is 5.16 Å². The van der Waals surface area contributed by atoms with Crippen LogP contribution in [-0.2, 0) is 6.42 Å². The van der Waals surface area contributed by atoms with E-state index in [-0.39, 0.29) is 6.04 Å². The highest BCUT2D eigenvalue weighted by Gasteiger charge is 2.21. The van der Waals surface area contributed by atoms with Crippen molar-refractivity contribution in [1.82, 2.24) is 15.5 Å². The van der Waals surface area contributed by atoms with Crippen molar-refractivity contribution < 1.29 is 4.52 Å². The number of aromatic nitrogens is 2. The van der Waals surface area contributed by atoms with Crippen molar-refractivity contribution in [3.05, 3.63) is 11.7 Å². The Kier molecular flexibility index (Phi) is 3.10. The van der Waals surface area contributed by atoms with Crippen molar-refractivity contribution in [3.8, 4) is 0 Å². The molecule has 1 atom stereocenters. The standard InChI is InChI=1S/C9H16N4O/c10-5-1-4-8-12-9(14-13-8)7-3-2-6-11-7/h7,11H,1-6,10H2. The van der Waals surface area contributed by atoms with E-state index >= 15 is 0 Å². The van der Waals surface area contributed by atoms with Gasteiger partial charge in [0.15, 0.2) is 5.82 Å². The van der Waals surface area contributed by atoms with Crippen LogP contribution in [0.25, 0.3) is 0 Å². The number of aryl methyl sites for hydroxylation is 1. The molecule has 1 unspecified atom stereocenters. The zero-order valence-electron chi connectivity index (χ0n) is 8.20. The molecule has 0 bridgehead atoms. The molecular formula is C9H16N4O. The highest BCUT2D eigenvalue weighted by atomic mass is 16.5. The molecule has 5 nitrogen and oxygen atoms in total. The van der Waals surface area contributed by atoms with Crippen molar-refractivity contribution in [3.63, 3.8) is 0 Å². The maximum Gasteiger partial charge on any atom is 0.243 e. The van der Waals surface area contributed by atoms with Crippen molar-refractivity contribution >= 4 is 0 Å². The summed E-state index contributed by atoms with van der Waals surface area (Å²) < 4.78 is 5.18. The maximum atomic E-state index is 5.41. The largest absolute Gasteiger partial charge is 0.338 e. The first-order chi connectivity index (χ1) is 6.90. The van der Waals surface area contributed by atoms with Gasteiger partial charge in [0.25, 0.3) is 0 Å². The summed E-state index contributed by atoms with van der Waals surface area (Å²) >= 11 is 0. The average Bonchev–Trinajstić information content (AvgIpc) is 2.85. The van der Waals surface area contributed by atoms with Crippen molar-refractivity contribution in [2.24, 2.45) is 5.73 Å². The molecule has 0 aliphatic carbocycles. The van der Waals surface area contributed by atoms with Gasteiger partial charge in [-0.25, -0.2) is 0 Å². The van der Waals surface area contributed by atoms with Gasteiger partial charge >= 0.3 is 0 Å². The van der Waals surface area contributed by atoms with Crippen LogP contribution in [0.5, 0.6) is 0 Å². The zero-order valence-corrected chi connectivity index (χ0v) is 8.20. The molecule has 1 aliphatic rings. The highest BCUT2D eigenvalue weighted by molar-refractivity contribution is 4.95. The van der Waals surface area contributed by atoms with Crippen molar-refractivity contribution in [2.45, 2.75) is 31.7 Å². The van der Waals surface area contributed by atoms with Gasteiger partial charge in [0.1, 0.15) is 0 Å². The highest BCUT2D eigenvalue weighted by Crippen LogP contribution is 2.21. The van der Waals surface area contributed by atoms with Gasteiger partial charge in [-0.3, -0.25) is 0 Å². The first kappa shape index (κ1) is 9.61. The lowest BCUT2D eigenvalue weighted by Gasteiger charge is -2.01. The summed E-state index contributed by atoms with van der Waals surface area (Å²) in [6.45, 7) is 1.72. The number of nitrogens with zero attached hydrogens (tertiary/aromatic N) is 2. The van der Waals surface area contributed by atoms with Crippen LogP contribution < -0.4 is 11.1 Å². The number of nitrogens with one attached hydrogen (secondary N) is 1. The molecular weight excluding hydrogens is 180 g/mol. The molecule has 2 rings (SSSR count). The van der Waals surface area contributed by atoms with E-state index in [1.165, 1.54) is 6.42 Å². The Morgan fingerprint density at radius 2 is 2.50 bits per heavy atom. The van der Waals surface area contributed by atoms with E-state index in [1.807, 2.05) is 0 Å². The molecule has 1 saturated heterocycles. The quantitative estimate of drug-likeness (QED) is 0.728. The topological polar surface area (TPSA) is 77.0 Å². The minimum absolute atomic E-state index is 0.272. The second-order valence-corrected chi connectivity index (χ2v) is 3.59. The molecule has 78 valence electrons. The van der Waals surface area contributed by atoms with Gasteiger partial charge in [0, 0.05) is 6.42 Å². The Morgan fingerprint density at radius 3 is 3.21 bits per heavy atom. The van der Waals surface area contributed by atoms with E-state index in [4.69, 9.17) is 10.3 Å². The molecule has 5 heteroatoms. The van der Waals surface area contributed by atoms with Crippen LogP contribution in [0.2, 0.25) is 0 Å². The average molecular weight is 196 g/mol. The van der Waals surface area contributed by atoms with Crippen LogP contribution >= 0.6 is 0 Å². The molecule has 1 fully saturated rings. The molecule has 1 aromatic heterocycles. The molecule has 0 radical (unpaired) electrons. The lowest BCUT2D eigenvalue weighted by Crippen LogP contribution is -2.13. The third-order valence-electron chi connectivity index (χ3n) is 2.45. The summed E-state index contributed by atoms with van der Waals surface area (Å²) in [5.41, 5.74) is 5.41. The summed E-state index contributed by atoms with van der Waals surface area (Å²) in [5.74, 6) is 1.51. The molecule has 14 heavy (non-hydrogen) atoms. The smallest absolute Gasteiger partial charge is 0.243 e. The SMILES string of the molecule is NCCCc1noc(C2CCCN2)n1. The number of rotatable bonds is 4. The van der Waals surface area contributed by atoms with Crippen LogP contribution in [0.3, 0.4) is 0 Å². The van der Waals surface area contributed by atoms with Gasteiger partial charge in [0.2, 0.25) is 5.89 Å². The van der Waals surface area contributed by atoms with E-state index < -0.39 is 0 Å². The Morgan fingerprint density at radius 1 is 1.57 bits per heavy atom.